The summed E-state index contributed by atoms with van der Waals surface area (Å²) in [5, 5.41) is 9.50. The lowest BCUT2D eigenvalue weighted by molar-refractivity contribution is -0.275. The van der Waals surface area contributed by atoms with Crippen molar-refractivity contribution < 1.29 is 32.2 Å². The van der Waals surface area contributed by atoms with Gasteiger partial charge in [0.1, 0.15) is 5.78 Å². The van der Waals surface area contributed by atoms with Gasteiger partial charge in [-0.15, -0.1) is 13.2 Å². The molecule has 1 heterocycles. The Morgan fingerprint density at radius 2 is 2.00 bits per heavy atom. The Kier molecular flexibility index (Phi) is 5.82. The van der Waals surface area contributed by atoms with Crippen LogP contribution in [0.3, 0.4) is 0 Å². The second kappa shape index (κ2) is 7.48. The van der Waals surface area contributed by atoms with Crippen molar-refractivity contribution in [2.24, 2.45) is 0 Å². The van der Waals surface area contributed by atoms with E-state index in [9.17, 15) is 27.5 Å². The molecule has 1 N–H and O–H groups in total. The maximum atomic E-state index is 13.9. The predicted octanol–water partition coefficient (Wildman–Crippen LogP) is 2.85. The number of nitrogens with zero attached hydrogens (tertiary/aromatic N) is 1. The van der Waals surface area contributed by atoms with E-state index >= 15 is 0 Å². The van der Waals surface area contributed by atoms with Crippen molar-refractivity contribution in [1.82, 2.24) is 4.90 Å². The monoisotopic (exact) mass is 349 g/mol. The van der Waals surface area contributed by atoms with Gasteiger partial charge in [-0.25, -0.2) is 4.39 Å². The lowest BCUT2D eigenvalue weighted by Crippen LogP contribution is -2.39. The van der Waals surface area contributed by atoms with Crippen LogP contribution >= 0.6 is 0 Å². The molecule has 0 unspecified atom stereocenters. The van der Waals surface area contributed by atoms with E-state index in [-0.39, 0.29) is 11.9 Å². The number of likely N-dealkylation sites (tertiary alicyclic amines) is 1. The number of hydrogen-bond acceptors (Lipinski definition) is 4. The van der Waals surface area contributed by atoms with Crippen LogP contribution in [0.15, 0.2) is 18.2 Å². The van der Waals surface area contributed by atoms with E-state index in [1.165, 1.54) is 13.0 Å². The number of aliphatic hydroxyl groups is 1. The number of halogens is 4. The van der Waals surface area contributed by atoms with Crippen molar-refractivity contribution in [1.29, 1.82) is 0 Å². The van der Waals surface area contributed by atoms with Crippen LogP contribution < -0.4 is 4.74 Å². The third-order valence-corrected chi connectivity index (χ3v) is 4.07. The Hall–Kier alpha value is -1.67. The first-order valence-corrected chi connectivity index (χ1v) is 7.62. The third kappa shape index (κ3) is 5.17. The largest absolute Gasteiger partial charge is 0.573 e. The maximum absolute atomic E-state index is 13.9. The first kappa shape index (κ1) is 18.7. The SMILES string of the molecule is CC(=O)[C@H](CN1CCC(O)CC1)c1ccc(OC(F)(F)F)c(F)c1. The molecule has 0 radical (unpaired) electrons. The molecule has 0 aliphatic carbocycles. The zero-order valence-corrected chi connectivity index (χ0v) is 13.1. The Balaban J connectivity index is 2.13. The van der Waals surface area contributed by atoms with E-state index in [0.717, 1.165) is 12.1 Å². The molecule has 1 fully saturated rings. The van der Waals surface area contributed by atoms with Gasteiger partial charge >= 0.3 is 6.36 Å². The van der Waals surface area contributed by atoms with Gasteiger partial charge in [-0.1, -0.05) is 6.07 Å². The van der Waals surface area contributed by atoms with Crippen molar-refractivity contribution >= 4 is 5.78 Å². The number of alkyl halides is 3. The standard InChI is InChI=1S/C16H19F4NO3/c1-10(22)13(9-21-6-4-12(23)5-7-21)11-2-3-15(14(17)8-11)24-16(18,19)20/h2-3,8,12-13,23H,4-7,9H2,1H3/t13-/m0/s1. The van der Waals surface area contributed by atoms with Crippen LogP contribution in [-0.2, 0) is 4.79 Å². The number of benzene rings is 1. The van der Waals surface area contributed by atoms with Gasteiger partial charge in [0, 0.05) is 19.6 Å². The fourth-order valence-electron chi connectivity index (χ4n) is 2.77. The minimum absolute atomic E-state index is 0.204. The highest BCUT2D eigenvalue weighted by atomic mass is 19.4. The van der Waals surface area contributed by atoms with Crippen LogP contribution in [-0.4, -0.2) is 47.9 Å². The zero-order valence-electron chi connectivity index (χ0n) is 13.1. The molecular weight excluding hydrogens is 330 g/mol. The van der Waals surface area contributed by atoms with Crippen molar-refractivity contribution in [2.45, 2.75) is 38.1 Å². The molecular formula is C16H19F4NO3. The number of rotatable bonds is 5. The second-order valence-corrected chi connectivity index (χ2v) is 5.93. The van der Waals surface area contributed by atoms with E-state index in [0.29, 0.717) is 38.0 Å². The van der Waals surface area contributed by atoms with Gasteiger partial charge in [-0.05, 0) is 37.5 Å². The third-order valence-electron chi connectivity index (χ3n) is 4.07. The highest BCUT2D eigenvalue weighted by Crippen LogP contribution is 2.29. The van der Waals surface area contributed by atoms with Gasteiger partial charge < -0.3 is 14.7 Å². The van der Waals surface area contributed by atoms with E-state index in [1.807, 2.05) is 4.90 Å². The van der Waals surface area contributed by atoms with Crippen molar-refractivity contribution in [3.63, 3.8) is 0 Å². The highest BCUT2D eigenvalue weighted by Gasteiger charge is 2.33. The summed E-state index contributed by atoms with van der Waals surface area (Å²) in [4.78, 5) is 13.9. The summed E-state index contributed by atoms with van der Waals surface area (Å²) in [5.74, 6) is -2.93. The minimum atomic E-state index is -4.98. The first-order chi connectivity index (χ1) is 11.2. The number of ether oxygens (including phenoxy) is 1. The average Bonchev–Trinajstić information content (AvgIpc) is 2.47. The Bertz CT molecular complexity index is 583. The van der Waals surface area contributed by atoms with Crippen LogP contribution in [0.5, 0.6) is 5.75 Å². The topological polar surface area (TPSA) is 49.8 Å². The molecule has 1 aromatic rings. The zero-order chi connectivity index (χ0) is 17.9. The molecule has 0 saturated carbocycles. The second-order valence-electron chi connectivity index (χ2n) is 5.93. The quantitative estimate of drug-likeness (QED) is 0.831. The highest BCUT2D eigenvalue weighted by molar-refractivity contribution is 5.83. The number of aliphatic hydroxyl groups excluding tert-OH is 1. The van der Waals surface area contributed by atoms with Gasteiger partial charge in [-0.2, -0.15) is 0 Å². The molecule has 0 bridgehead atoms. The van der Waals surface area contributed by atoms with Gasteiger partial charge in [0.25, 0.3) is 0 Å². The molecule has 1 aliphatic rings. The number of hydrogen-bond donors (Lipinski definition) is 1. The van der Waals surface area contributed by atoms with Crippen LogP contribution in [0, 0.1) is 5.82 Å². The normalized spacial score (nSPS) is 18.4. The average molecular weight is 349 g/mol. The fraction of sp³-hybridized carbons (Fsp3) is 0.562. The molecule has 1 aromatic carbocycles. The van der Waals surface area contributed by atoms with E-state index < -0.39 is 23.8 Å². The summed E-state index contributed by atoms with van der Waals surface area (Å²) in [6.07, 6.45) is -4.14. The number of piperidine rings is 1. The van der Waals surface area contributed by atoms with Crippen LogP contribution in [0.2, 0.25) is 0 Å². The van der Waals surface area contributed by atoms with E-state index in [2.05, 4.69) is 4.74 Å². The molecule has 134 valence electrons. The number of carbonyl (C=O) groups excluding carboxylic acids is 1. The molecule has 0 amide bonds. The minimum Gasteiger partial charge on any atom is -0.403 e. The Morgan fingerprint density at radius 3 is 2.50 bits per heavy atom. The molecule has 1 aliphatic heterocycles. The summed E-state index contributed by atoms with van der Waals surface area (Å²) < 4.78 is 54.0. The fourth-order valence-corrected chi connectivity index (χ4v) is 2.77. The first-order valence-electron chi connectivity index (χ1n) is 7.62. The molecule has 24 heavy (non-hydrogen) atoms. The molecule has 0 spiro atoms. The van der Waals surface area contributed by atoms with Crippen LogP contribution in [0.1, 0.15) is 31.2 Å². The molecule has 2 rings (SSSR count). The summed E-state index contributed by atoms with van der Waals surface area (Å²) in [6, 6.07) is 3.06. The molecule has 1 saturated heterocycles. The van der Waals surface area contributed by atoms with Crippen LogP contribution in [0.4, 0.5) is 17.6 Å². The predicted molar refractivity (Wildman–Crippen MR) is 78.2 cm³/mol. The van der Waals surface area contributed by atoms with E-state index in [1.54, 1.807) is 0 Å². The molecule has 8 heteroatoms. The smallest absolute Gasteiger partial charge is 0.403 e. The van der Waals surface area contributed by atoms with Gasteiger partial charge in [0.05, 0.1) is 12.0 Å². The summed E-state index contributed by atoms with van der Waals surface area (Å²) in [7, 11) is 0. The van der Waals surface area contributed by atoms with Gasteiger partial charge in [0.15, 0.2) is 11.6 Å². The lowest BCUT2D eigenvalue weighted by atomic mass is 9.93. The van der Waals surface area contributed by atoms with E-state index in [4.69, 9.17) is 0 Å². The van der Waals surface area contributed by atoms with Crippen molar-refractivity contribution in [2.75, 3.05) is 19.6 Å². The Labute approximate surface area is 137 Å². The Morgan fingerprint density at radius 1 is 1.38 bits per heavy atom. The number of ketones is 1. The van der Waals surface area contributed by atoms with Crippen LogP contribution in [0.25, 0.3) is 0 Å². The number of carbonyl (C=O) groups is 1. The summed E-state index contributed by atoms with van der Waals surface area (Å²) in [6.45, 7) is 2.92. The maximum Gasteiger partial charge on any atom is 0.573 e. The summed E-state index contributed by atoms with van der Waals surface area (Å²) >= 11 is 0. The molecule has 4 nitrogen and oxygen atoms in total. The summed E-state index contributed by atoms with van der Waals surface area (Å²) in [5.41, 5.74) is 0.306. The van der Waals surface area contributed by atoms with Gasteiger partial charge in [-0.3, -0.25) is 4.79 Å². The van der Waals surface area contributed by atoms with Crippen molar-refractivity contribution in [3.05, 3.63) is 29.6 Å². The molecule has 0 aromatic heterocycles. The lowest BCUT2D eigenvalue weighted by Gasteiger charge is -2.32. The number of Topliss-reactive ketones (excluding diaryl/α,β-unsaturated/α-hetero) is 1. The van der Waals surface area contributed by atoms with Crippen molar-refractivity contribution in [3.8, 4) is 5.75 Å². The van der Waals surface area contributed by atoms with Gasteiger partial charge in [0.2, 0.25) is 0 Å². The molecule has 1 atom stereocenters.